The van der Waals surface area contributed by atoms with E-state index in [9.17, 15) is 10.1 Å². The van der Waals surface area contributed by atoms with E-state index in [4.69, 9.17) is 9.47 Å². The minimum absolute atomic E-state index is 0.0240. The molecule has 26 heavy (non-hydrogen) atoms. The second-order valence-electron chi connectivity index (χ2n) is 6.55. The standard InChI is InChI=1S/C20H25IN2O3/c1-4-25-18-11-14(10-17(21)19(18)26-13(2)3)9-15(12-22)20(24)23-16-7-5-6-8-16/h9-11,13,16H,4-8H2,1-3H3,(H,23,24)/b15-9-. The summed E-state index contributed by atoms with van der Waals surface area (Å²) in [4.78, 5) is 12.4. The summed E-state index contributed by atoms with van der Waals surface area (Å²) in [6.07, 6.45) is 5.86. The van der Waals surface area contributed by atoms with Crippen molar-refractivity contribution in [3.63, 3.8) is 0 Å². The maximum Gasteiger partial charge on any atom is 0.262 e. The van der Waals surface area contributed by atoms with Gasteiger partial charge in [-0.25, -0.2) is 0 Å². The molecule has 6 heteroatoms. The molecule has 0 heterocycles. The minimum Gasteiger partial charge on any atom is -0.490 e. The molecule has 1 saturated carbocycles. The number of amides is 1. The number of rotatable bonds is 7. The van der Waals surface area contributed by atoms with E-state index in [0.717, 1.165) is 34.8 Å². The molecule has 0 spiro atoms. The van der Waals surface area contributed by atoms with Crippen LogP contribution in [-0.4, -0.2) is 24.7 Å². The predicted molar refractivity (Wildman–Crippen MR) is 110 cm³/mol. The number of nitriles is 1. The van der Waals surface area contributed by atoms with Gasteiger partial charge in [-0.05, 0) is 80.0 Å². The summed E-state index contributed by atoms with van der Waals surface area (Å²) in [5.74, 6) is 0.997. The highest BCUT2D eigenvalue weighted by Gasteiger charge is 2.20. The molecule has 2 rings (SSSR count). The number of carbonyl (C=O) groups is 1. The van der Waals surface area contributed by atoms with Crippen LogP contribution in [0.4, 0.5) is 0 Å². The monoisotopic (exact) mass is 468 g/mol. The van der Waals surface area contributed by atoms with Crippen LogP contribution in [0.3, 0.4) is 0 Å². The van der Waals surface area contributed by atoms with Gasteiger partial charge in [0.25, 0.3) is 5.91 Å². The molecule has 0 atom stereocenters. The second kappa shape index (κ2) is 9.81. The lowest BCUT2D eigenvalue weighted by atomic mass is 10.1. The number of ether oxygens (including phenoxy) is 2. The van der Waals surface area contributed by atoms with E-state index < -0.39 is 0 Å². The van der Waals surface area contributed by atoms with Gasteiger partial charge >= 0.3 is 0 Å². The smallest absolute Gasteiger partial charge is 0.262 e. The van der Waals surface area contributed by atoms with Gasteiger partial charge in [0.2, 0.25) is 0 Å². The molecular weight excluding hydrogens is 443 g/mol. The predicted octanol–water partition coefficient (Wildman–Crippen LogP) is 4.44. The Morgan fingerprint density at radius 1 is 1.42 bits per heavy atom. The molecule has 1 aliphatic rings. The zero-order chi connectivity index (χ0) is 19.1. The maximum atomic E-state index is 12.4. The van der Waals surface area contributed by atoms with Crippen molar-refractivity contribution >= 4 is 34.6 Å². The lowest BCUT2D eigenvalue weighted by Gasteiger charge is -2.17. The molecular formula is C20H25IN2O3. The average molecular weight is 468 g/mol. The first-order chi connectivity index (χ1) is 12.4. The van der Waals surface area contributed by atoms with E-state index in [0.29, 0.717) is 18.1 Å². The van der Waals surface area contributed by atoms with Gasteiger partial charge in [-0.15, -0.1) is 0 Å². The molecule has 0 radical (unpaired) electrons. The molecule has 5 nitrogen and oxygen atoms in total. The van der Waals surface area contributed by atoms with Gasteiger partial charge in [-0.1, -0.05) is 12.8 Å². The first-order valence-electron chi connectivity index (χ1n) is 9.00. The first kappa shape index (κ1) is 20.6. The van der Waals surface area contributed by atoms with Crippen LogP contribution in [0.5, 0.6) is 11.5 Å². The van der Waals surface area contributed by atoms with Crippen LogP contribution in [0.1, 0.15) is 52.0 Å². The van der Waals surface area contributed by atoms with Crippen molar-refractivity contribution in [1.82, 2.24) is 5.32 Å². The van der Waals surface area contributed by atoms with Gasteiger partial charge in [-0.3, -0.25) is 4.79 Å². The van der Waals surface area contributed by atoms with Crippen LogP contribution in [0, 0.1) is 14.9 Å². The van der Waals surface area contributed by atoms with Crippen molar-refractivity contribution in [2.24, 2.45) is 0 Å². The van der Waals surface area contributed by atoms with Gasteiger partial charge in [0.1, 0.15) is 11.6 Å². The number of hydrogen-bond acceptors (Lipinski definition) is 4. The maximum absolute atomic E-state index is 12.4. The molecule has 1 N–H and O–H groups in total. The van der Waals surface area contributed by atoms with Crippen molar-refractivity contribution in [1.29, 1.82) is 5.26 Å². The quantitative estimate of drug-likeness (QED) is 0.365. The van der Waals surface area contributed by atoms with Gasteiger partial charge in [0.15, 0.2) is 11.5 Å². The van der Waals surface area contributed by atoms with Crippen LogP contribution in [0.25, 0.3) is 6.08 Å². The van der Waals surface area contributed by atoms with E-state index in [-0.39, 0.29) is 23.6 Å². The summed E-state index contributed by atoms with van der Waals surface area (Å²) in [6.45, 7) is 6.33. The molecule has 1 aliphatic carbocycles. The molecule has 0 unspecified atom stereocenters. The van der Waals surface area contributed by atoms with Crippen molar-refractivity contribution in [3.05, 3.63) is 26.8 Å². The summed E-state index contributed by atoms with van der Waals surface area (Å²) in [7, 11) is 0. The van der Waals surface area contributed by atoms with E-state index in [1.165, 1.54) is 0 Å². The Bertz CT molecular complexity index is 717. The number of carbonyl (C=O) groups excluding carboxylic acids is 1. The number of benzene rings is 1. The third-order valence-corrected chi connectivity index (χ3v) is 4.85. The van der Waals surface area contributed by atoms with Crippen LogP contribution in [0.2, 0.25) is 0 Å². The average Bonchev–Trinajstić information content (AvgIpc) is 3.08. The Hall–Kier alpha value is -1.75. The fourth-order valence-corrected chi connectivity index (χ4v) is 3.69. The number of nitrogens with zero attached hydrogens (tertiary/aromatic N) is 1. The highest BCUT2D eigenvalue weighted by Crippen LogP contribution is 2.35. The van der Waals surface area contributed by atoms with Crippen molar-refractivity contribution in [3.8, 4) is 17.6 Å². The molecule has 1 amide bonds. The van der Waals surface area contributed by atoms with E-state index in [1.54, 1.807) is 6.08 Å². The molecule has 1 fully saturated rings. The van der Waals surface area contributed by atoms with Gasteiger partial charge < -0.3 is 14.8 Å². The Morgan fingerprint density at radius 3 is 2.69 bits per heavy atom. The van der Waals surface area contributed by atoms with Crippen LogP contribution < -0.4 is 14.8 Å². The Labute approximate surface area is 168 Å². The molecule has 0 saturated heterocycles. The number of hydrogen-bond donors (Lipinski definition) is 1. The molecule has 1 aromatic carbocycles. The zero-order valence-electron chi connectivity index (χ0n) is 15.5. The third-order valence-electron chi connectivity index (χ3n) is 4.05. The topological polar surface area (TPSA) is 71.3 Å². The van der Waals surface area contributed by atoms with Crippen LogP contribution >= 0.6 is 22.6 Å². The zero-order valence-corrected chi connectivity index (χ0v) is 17.6. The largest absolute Gasteiger partial charge is 0.490 e. The Balaban J connectivity index is 2.28. The van der Waals surface area contributed by atoms with Crippen molar-refractivity contribution in [2.75, 3.05) is 6.61 Å². The van der Waals surface area contributed by atoms with Gasteiger partial charge in [0.05, 0.1) is 16.3 Å². The van der Waals surface area contributed by atoms with Crippen molar-refractivity contribution < 1.29 is 14.3 Å². The van der Waals surface area contributed by atoms with Crippen LogP contribution in [0.15, 0.2) is 17.7 Å². The second-order valence-corrected chi connectivity index (χ2v) is 7.72. The molecule has 0 bridgehead atoms. The first-order valence-corrected chi connectivity index (χ1v) is 10.1. The summed E-state index contributed by atoms with van der Waals surface area (Å²) in [5.41, 5.74) is 0.847. The molecule has 140 valence electrons. The third kappa shape index (κ3) is 5.63. The minimum atomic E-state index is -0.310. The van der Waals surface area contributed by atoms with E-state index in [1.807, 2.05) is 39.0 Å². The fourth-order valence-electron chi connectivity index (χ4n) is 2.93. The summed E-state index contributed by atoms with van der Waals surface area (Å²) in [5, 5.41) is 12.4. The van der Waals surface area contributed by atoms with E-state index >= 15 is 0 Å². The molecule has 0 aromatic heterocycles. The van der Waals surface area contributed by atoms with Crippen LogP contribution in [-0.2, 0) is 4.79 Å². The Kier molecular flexibility index (Phi) is 7.76. The van der Waals surface area contributed by atoms with Crippen molar-refractivity contribution in [2.45, 2.75) is 58.6 Å². The summed E-state index contributed by atoms with van der Waals surface area (Å²) in [6, 6.07) is 5.90. The van der Waals surface area contributed by atoms with Gasteiger partial charge in [-0.2, -0.15) is 5.26 Å². The Morgan fingerprint density at radius 2 is 2.12 bits per heavy atom. The lowest BCUT2D eigenvalue weighted by Crippen LogP contribution is -2.33. The normalized spacial score (nSPS) is 15.0. The number of halogens is 1. The molecule has 1 aromatic rings. The highest BCUT2D eigenvalue weighted by molar-refractivity contribution is 14.1. The summed E-state index contributed by atoms with van der Waals surface area (Å²) >= 11 is 2.18. The number of nitrogens with one attached hydrogen (secondary N) is 1. The van der Waals surface area contributed by atoms with Gasteiger partial charge in [0, 0.05) is 6.04 Å². The SMILES string of the molecule is CCOc1cc(/C=C(/C#N)C(=O)NC2CCCC2)cc(I)c1OC(C)C. The summed E-state index contributed by atoms with van der Waals surface area (Å²) < 4.78 is 12.4. The van der Waals surface area contributed by atoms with E-state index in [2.05, 4.69) is 27.9 Å². The fraction of sp³-hybridized carbons (Fsp3) is 0.500. The highest BCUT2D eigenvalue weighted by atomic mass is 127. The lowest BCUT2D eigenvalue weighted by molar-refractivity contribution is -0.117. The molecule has 0 aliphatic heterocycles.